The van der Waals surface area contributed by atoms with Gasteiger partial charge in [-0.15, -0.1) is 0 Å². The van der Waals surface area contributed by atoms with Crippen molar-refractivity contribution in [2.24, 2.45) is 0 Å². The standard InChI is InChI=1S/C21H15F3N2O3/c22-15-10-11-16(23)20(24)19(15)21(28)26-25-18(27)12-29-17-9-5-4-8-14(17)13-6-2-1-3-7-13/h1-11H,12H2,(H,25,27)(H,26,28). The Kier molecular flexibility index (Phi) is 6.13. The average molecular weight is 400 g/mol. The largest absolute Gasteiger partial charge is 0.483 e. The van der Waals surface area contributed by atoms with Crippen molar-refractivity contribution >= 4 is 11.8 Å². The van der Waals surface area contributed by atoms with Crippen LogP contribution in [0.4, 0.5) is 13.2 Å². The van der Waals surface area contributed by atoms with Crippen LogP contribution >= 0.6 is 0 Å². The Morgan fingerprint density at radius 3 is 2.21 bits per heavy atom. The van der Waals surface area contributed by atoms with Gasteiger partial charge in [0.05, 0.1) is 0 Å². The van der Waals surface area contributed by atoms with Gasteiger partial charge >= 0.3 is 0 Å². The quantitative estimate of drug-likeness (QED) is 0.508. The van der Waals surface area contributed by atoms with Gasteiger partial charge in [0.15, 0.2) is 18.2 Å². The second-order valence-corrected chi connectivity index (χ2v) is 5.87. The molecular weight excluding hydrogens is 385 g/mol. The van der Waals surface area contributed by atoms with Crippen molar-refractivity contribution in [2.45, 2.75) is 0 Å². The van der Waals surface area contributed by atoms with Crippen LogP contribution in [0, 0.1) is 17.5 Å². The van der Waals surface area contributed by atoms with Gasteiger partial charge in [0.25, 0.3) is 11.8 Å². The monoisotopic (exact) mass is 400 g/mol. The third-order valence-corrected chi connectivity index (χ3v) is 3.92. The maximum atomic E-state index is 13.6. The third-order valence-electron chi connectivity index (χ3n) is 3.92. The molecule has 2 amide bonds. The van der Waals surface area contributed by atoms with Crippen molar-refractivity contribution < 1.29 is 27.5 Å². The van der Waals surface area contributed by atoms with Gasteiger partial charge in [-0.3, -0.25) is 20.4 Å². The fraction of sp³-hybridized carbons (Fsp3) is 0.0476. The average Bonchev–Trinajstić information content (AvgIpc) is 2.74. The molecule has 0 saturated heterocycles. The number of carbonyl (C=O) groups is 2. The molecule has 0 spiro atoms. The number of para-hydroxylation sites is 1. The molecule has 3 rings (SSSR count). The molecule has 0 unspecified atom stereocenters. The van der Waals surface area contributed by atoms with Gasteiger partial charge in [-0.2, -0.15) is 0 Å². The van der Waals surface area contributed by atoms with Crippen molar-refractivity contribution in [2.75, 3.05) is 6.61 Å². The highest BCUT2D eigenvalue weighted by molar-refractivity contribution is 5.96. The zero-order valence-corrected chi connectivity index (χ0v) is 14.9. The van der Waals surface area contributed by atoms with E-state index in [4.69, 9.17) is 4.74 Å². The molecule has 0 bridgehead atoms. The number of benzene rings is 3. The van der Waals surface area contributed by atoms with Gasteiger partial charge < -0.3 is 4.74 Å². The lowest BCUT2D eigenvalue weighted by atomic mass is 10.1. The highest BCUT2D eigenvalue weighted by Gasteiger charge is 2.21. The molecule has 0 aliphatic heterocycles. The van der Waals surface area contributed by atoms with E-state index in [9.17, 15) is 22.8 Å². The van der Waals surface area contributed by atoms with Crippen LogP contribution in [0.1, 0.15) is 10.4 Å². The number of hydrazine groups is 1. The van der Waals surface area contributed by atoms with Crippen molar-refractivity contribution in [3.05, 3.63) is 89.7 Å². The predicted octanol–water partition coefficient (Wildman–Crippen LogP) is 3.61. The number of carbonyl (C=O) groups excluding carboxylic acids is 2. The minimum Gasteiger partial charge on any atom is -0.483 e. The lowest BCUT2D eigenvalue weighted by Crippen LogP contribution is -2.44. The van der Waals surface area contributed by atoms with Crippen molar-refractivity contribution in [3.63, 3.8) is 0 Å². The van der Waals surface area contributed by atoms with E-state index in [2.05, 4.69) is 0 Å². The van der Waals surface area contributed by atoms with Gasteiger partial charge in [-0.25, -0.2) is 13.2 Å². The van der Waals surface area contributed by atoms with Gasteiger partial charge in [-0.1, -0.05) is 48.5 Å². The highest BCUT2D eigenvalue weighted by atomic mass is 19.2. The Morgan fingerprint density at radius 1 is 0.793 bits per heavy atom. The Morgan fingerprint density at radius 2 is 1.45 bits per heavy atom. The first kappa shape index (κ1) is 19.9. The smallest absolute Gasteiger partial charge is 0.276 e. The molecule has 0 aliphatic carbocycles. The number of ether oxygens (including phenoxy) is 1. The number of hydrogen-bond donors (Lipinski definition) is 2. The Bertz CT molecular complexity index is 1040. The molecule has 3 aromatic rings. The summed E-state index contributed by atoms with van der Waals surface area (Å²) in [6.45, 7) is -0.474. The molecule has 29 heavy (non-hydrogen) atoms. The molecule has 0 atom stereocenters. The van der Waals surface area contributed by atoms with E-state index in [-0.39, 0.29) is 0 Å². The minimum absolute atomic E-state index is 0.433. The molecule has 0 aromatic heterocycles. The maximum Gasteiger partial charge on any atom is 0.276 e. The molecule has 2 N–H and O–H groups in total. The minimum atomic E-state index is -1.65. The van der Waals surface area contributed by atoms with Crippen molar-refractivity contribution in [1.82, 2.24) is 10.9 Å². The second-order valence-electron chi connectivity index (χ2n) is 5.87. The second kappa shape index (κ2) is 8.92. The molecule has 8 heteroatoms. The highest BCUT2D eigenvalue weighted by Crippen LogP contribution is 2.29. The Balaban J connectivity index is 1.61. The van der Waals surface area contributed by atoms with Crippen molar-refractivity contribution in [3.8, 4) is 16.9 Å². The van der Waals surface area contributed by atoms with E-state index in [1.807, 2.05) is 53.3 Å². The van der Waals surface area contributed by atoms with Crippen LogP contribution in [-0.2, 0) is 4.79 Å². The normalized spacial score (nSPS) is 10.3. The number of amides is 2. The fourth-order valence-electron chi connectivity index (χ4n) is 2.55. The first-order valence-electron chi connectivity index (χ1n) is 8.47. The molecule has 3 aromatic carbocycles. The summed E-state index contributed by atoms with van der Waals surface area (Å²) in [6, 6.07) is 17.6. The first-order chi connectivity index (χ1) is 14.0. The van der Waals surface area contributed by atoms with Crippen LogP contribution in [0.5, 0.6) is 5.75 Å². The summed E-state index contributed by atoms with van der Waals surface area (Å²) in [5.74, 6) is -5.98. The SMILES string of the molecule is O=C(COc1ccccc1-c1ccccc1)NNC(=O)c1c(F)ccc(F)c1F. The van der Waals surface area contributed by atoms with E-state index in [0.29, 0.717) is 17.9 Å². The number of rotatable bonds is 5. The lowest BCUT2D eigenvalue weighted by molar-refractivity contribution is -0.123. The van der Waals surface area contributed by atoms with Crippen molar-refractivity contribution in [1.29, 1.82) is 0 Å². The van der Waals surface area contributed by atoms with Crippen LogP contribution in [0.3, 0.4) is 0 Å². The maximum absolute atomic E-state index is 13.6. The number of nitrogens with one attached hydrogen (secondary N) is 2. The third kappa shape index (κ3) is 4.73. The molecule has 148 valence electrons. The molecule has 0 radical (unpaired) electrons. The summed E-state index contributed by atoms with van der Waals surface area (Å²) in [5.41, 5.74) is 4.29. The molecular formula is C21H15F3N2O3. The van der Waals surface area contributed by atoms with Gasteiger partial charge in [0.2, 0.25) is 0 Å². The van der Waals surface area contributed by atoms with Crippen LogP contribution in [0.2, 0.25) is 0 Å². The van der Waals surface area contributed by atoms with Crippen LogP contribution in [0.15, 0.2) is 66.7 Å². The zero-order chi connectivity index (χ0) is 20.8. The molecule has 0 saturated carbocycles. The number of hydrogen-bond acceptors (Lipinski definition) is 3. The van der Waals surface area contributed by atoms with E-state index in [1.165, 1.54) is 0 Å². The Labute approximate surface area is 164 Å². The topological polar surface area (TPSA) is 67.4 Å². The summed E-state index contributed by atoms with van der Waals surface area (Å²) < 4.78 is 45.8. The zero-order valence-electron chi connectivity index (χ0n) is 14.9. The Hall–Kier alpha value is -3.81. The lowest BCUT2D eigenvalue weighted by Gasteiger charge is -2.12. The van der Waals surface area contributed by atoms with Crippen LogP contribution in [0.25, 0.3) is 11.1 Å². The summed E-state index contributed by atoms with van der Waals surface area (Å²) in [7, 11) is 0. The van der Waals surface area contributed by atoms with E-state index < -0.39 is 41.4 Å². The van der Waals surface area contributed by atoms with E-state index in [1.54, 1.807) is 12.1 Å². The van der Waals surface area contributed by atoms with Gasteiger partial charge in [-0.05, 0) is 23.8 Å². The molecule has 0 aliphatic rings. The van der Waals surface area contributed by atoms with E-state index in [0.717, 1.165) is 11.1 Å². The fourth-order valence-corrected chi connectivity index (χ4v) is 2.55. The van der Waals surface area contributed by atoms with Gasteiger partial charge in [0, 0.05) is 5.56 Å². The van der Waals surface area contributed by atoms with Gasteiger partial charge in [0.1, 0.15) is 17.1 Å². The van der Waals surface area contributed by atoms with Crippen LogP contribution in [-0.4, -0.2) is 18.4 Å². The summed E-state index contributed by atoms with van der Waals surface area (Å²) in [6.07, 6.45) is 0. The summed E-state index contributed by atoms with van der Waals surface area (Å²) in [4.78, 5) is 23.8. The van der Waals surface area contributed by atoms with Crippen LogP contribution < -0.4 is 15.6 Å². The summed E-state index contributed by atoms with van der Waals surface area (Å²) >= 11 is 0. The predicted molar refractivity (Wildman–Crippen MR) is 99.3 cm³/mol. The molecule has 5 nitrogen and oxygen atoms in total. The molecule has 0 fully saturated rings. The first-order valence-corrected chi connectivity index (χ1v) is 8.47. The number of halogens is 3. The summed E-state index contributed by atoms with van der Waals surface area (Å²) in [5, 5.41) is 0. The molecule has 0 heterocycles. The van der Waals surface area contributed by atoms with E-state index >= 15 is 0 Å².